The molecule has 5 aromatic rings. The second kappa shape index (κ2) is 13.0. The Kier molecular flexibility index (Phi) is 10.7. The van der Waals surface area contributed by atoms with Gasteiger partial charge in [0.05, 0.1) is 5.52 Å². The van der Waals surface area contributed by atoms with Crippen molar-refractivity contribution in [1.29, 1.82) is 0 Å². The molecule has 0 unspecified atom stereocenters. The maximum Gasteiger partial charge on any atom is 4.00 e. The molecule has 1 aliphatic carbocycles. The molecule has 0 atom stereocenters. The van der Waals surface area contributed by atoms with E-state index in [1.54, 1.807) is 0 Å². The van der Waals surface area contributed by atoms with E-state index in [1.807, 2.05) is 6.07 Å². The third kappa shape index (κ3) is 6.25. The van der Waals surface area contributed by atoms with Crippen molar-refractivity contribution < 1.29 is 51.0 Å². The van der Waals surface area contributed by atoms with Crippen molar-refractivity contribution in [2.45, 2.75) is 19.8 Å². The molecule has 34 heavy (non-hydrogen) atoms. The van der Waals surface area contributed by atoms with Gasteiger partial charge in [0.2, 0.25) is 0 Å². The molecule has 0 bridgehead atoms. The number of hydrogen-bond donors (Lipinski definition) is 0. The van der Waals surface area contributed by atoms with Crippen LogP contribution in [0.5, 0.6) is 0 Å². The van der Waals surface area contributed by atoms with E-state index < -0.39 is 0 Å². The maximum atomic E-state index is 3.31. The fraction of sp³-hybridized carbons (Fsp3) is 0.100. The Morgan fingerprint density at radius 2 is 1.50 bits per heavy atom. The Labute approximate surface area is 233 Å². The molecule has 0 amide bonds. The minimum atomic E-state index is 0. The van der Waals surface area contributed by atoms with Crippen molar-refractivity contribution in [3.63, 3.8) is 0 Å². The molecule has 0 radical (unpaired) electrons. The van der Waals surface area contributed by atoms with Crippen LogP contribution in [0.2, 0.25) is 0 Å². The van der Waals surface area contributed by atoms with Gasteiger partial charge in [-0.25, -0.2) is 11.6 Å². The van der Waals surface area contributed by atoms with Crippen molar-refractivity contribution in [1.82, 2.24) is 4.57 Å². The summed E-state index contributed by atoms with van der Waals surface area (Å²) in [6.07, 6.45) is 9.63. The Hall–Kier alpha value is -2.25. The Morgan fingerprint density at radius 1 is 0.824 bits per heavy atom. The van der Waals surface area contributed by atoms with Crippen LogP contribution in [0.3, 0.4) is 0 Å². The van der Waals surface area contributed by atoms with Gasteiger partial charge in [-0.1, -0.05) is 54.6 Å². The van der Waals surface area contributed by atoms with Gasteiger partial charge >= 0.3 is 26.2 Å². The molecule has 0 N–H and O–H groups in total. The third-order valence-electron chi connectivity index (χ3n) is 5.76. The molecule has 4 aromatic carbocycles. The molecule has 0 saturated carbocycles. The zero-order chi connectivity index (χ0) is 21.0. The second-order valence-electron chi connectivity index (χ2n) is 7.99. The van der Waals surface area contributed by atoms with Gasteiger partial charge in [-0.15, -0.1) is 47.5 Å². The number of fused-ring (bicyclic) bond motifs is 2. The van der Waals surface area contributed by atoms with Gasteiger partial charge in [-0.3, -0.25) is 6.08 Å². The van der Waals surface area contributed by atoms with Crippen LogP contribution in [-0.2, 0) is 32.6 Å². The quantitative estimate of drug-likeness (QED) is 0.296. The number of aryl methyl sites for hydroxylation is 1. The smallest absolute Gasteiger partial charge is 1.00 e. The number of aromatic nitrogens is 1. The number of nitrogens with zero attached hydrogens (tertiary/aromatic N) is 1. The number of hydrogen-bond acceptors (Lipinski definition) is 0. The van der Waals surface area contributed by atoms with Crippen LogP contribution >= 0.6 is 0 Å². The molecule has 0 spiro atoms. The minimum Gasteiger partial charge on any atom is -1.00 e. The van der Waals surface area contributed by atoms with Gasteiger partial charge in [0.15, 0.2) is 0 Å². The van der Waals surface area contributed by atoms with E-state index in [9.17, 15) is 0 Å². The summed E-state index contributed by atoms with van der Waals surface area (Å²) in [6, 6.07) is 34.3. The van der Waals surface area contributed by atoms with Crippen LogP contribution in [0, 0.1) is 13.0 Å². The maximum absolute atomic E-state index is 3.31. The average Bonchev–Trinajstić information content (AvgIpc) is 3.52. The fourth-order valence-corrected chi connectivity index (χ4v) is 4.29. The predicted octanol–water partition coefficient (Wildman–Crippen LogP) is 1.74. The normalized spacial score (nSPS) is 11.6. The average molecular weight is 562 g/mol. The monoisotopic (exact) mass is 559 g/mol. The van der Waals surface area contributed by atoms with E-state index in [1.165, 1.54) is 44.2 Å². The first kappa shape index (κ1) is 28.0. The Morgan fingerprint density at radius 3 is 2.21 bits per heavy atom. The van der Waals surface area contributed by atoms with E-state index in [2.05, 4.69) is 121 Å². The first-order valence-electron chi connectivity index (χ1n) is 10.8. The third-order valence-corrected chi connectivity index (χ3v) is 5.76. The van der Waals surface area contributed by atoms with Crippen LogP contribution in [-0.4, -0.2) is 4.57 Å². The van der Waals surface area contributed by atoms with Crippen molar-refractivity contribution in [3.8, 4) is 5.69 Å². The summed E-state index contributed by atoms with van der Waals surface area (Å²) in [4.78, 5) is 0. The SMILES string of the molecule is Cc1cc2ccccc2n1-c1cc2ccccc2[cH-]1.[C-]1=C(Cc2ccccc2)C=CC1.[Cl-].[Cl-].[Zr+4]. The van der Waals surface area contributed by atoms with Crippen LogP contribution in [0.15, 0.2) is 115 Å². The molecule has 0 fully saturated rings. The molecular weight excluding hydrogens is 536 g/mol. The van der Waals surface area contributed by atoms with Crippen molar-refractivity contribution in [3.05, 3.63) is 132 Å². The number of halogens is 2. The molecular formula is C30H25Cl2NZr. The topological polar surface area (TPSA) is 4.93 Å². The van der Waals surface area contributed by atoms with Crippen LogP contribution < -0.4 is 24.8 Å². The summed E-state index contributed by atoms with van der Waals surface area (Å²) in [6.45, 7) is 2.16. The number of para-hydroxylation sites is 1. The summed E-state index contributed by atoms with van der Waals surface area (Å²) < 4.78 is 2.33. The number of benzene rings is 3. The molecule has 0 aliphatic heterocycles. The molecule has 168 valence electrons. The van der Waals surface area contributed by atoms with E-state index in [4.69, 9.17) is 0 Å². The Balaban J connectivity index is 0.000000240. The van der Waals surface area contributed by atoms with Gasteiger partial charge in [0.1, 0.15) is 0 Å². The number of rotatable bonds is 3. The minimum absolute atomic E-state index is 0. The first-order valence-corrected chi connectivity index (χ1v) is 10.8. The zero-order valence-electron chi connectivity index (χ0n) is 19.0. The van der Waals surface area contributed by atoms with Crippen molar-refractivity contribution >= 4 is 21.7 Å². The van der Waals surface area contributed by atoms with E-state index >= 15 is 0 Å². The Bertz CT molecular complexity index is 1360. The fourth-order valence-electron chi connectivity index (χ4n) is 4.29. The summed E-state index contributed by atoms with van der Waals surface area (Å²) >= 11 is 0. The van der Waals surface area contributed by atoms with Crippen LogP contribution in [0.4, 0.5) is 0 Å². The molecule has 1 aromatic heterocycles. The van der Waals surface area contributed by atoms with E-state index in [0.717, 1.165) is 12.8 Å². The molecule has 4 heteroatoms. The molecule has 1 aliphatic rings. The molecule has 0 saturated heterocycles. The van der Waals surface area contributed by atoms with E-state index in [-0.39, 0.29) is 51.0 Å². The van der Waals surface area contributed by atoms with Crippen LogP contribution in [0.1, 0.15) is 17.7 Å². The summed E-state index contributed by atoms with van der Waals surface area (Å²) in [7, 11) is 0. The number of allylic oxidation sites excluding steroid dienone is 4. The van der Waals surface area contributed by atoms with Crippen molar-refractivity contribution in [2.75, 3.05) is 0 Å². The second-order valence-corrected chi connectivity index (χ2v) is 7.99. The van der Waals surface area contributed by atoms with Gasteiger partial charge in [-0.2, -0.15) is 6.08 Å². The summed E-state index contributed by atoms with van der Waals surface area (Å²) in [5.41, 5.74) is 6.49. The molecule has 6 rings (SSSR count). The largest absolute Gasteiger partial charge is 4.00 e. The summed E-state index contributed by atoms with van der Waals surface area (Å²) in [5, 5.41) is 3.90. The van der Waals surface area contributed by atoms with E-state index in [0.29, 0.717) is 0 Å². The molecule has 1 nitrogen and oxygen atoms in total. The van der Waals surface area contributed by atoms with Gasteiger partial charge in [0.25, 0.3) is 0 Å². The summed E-state index contributed by atoms with van der Waals surface area (Å²) in [5.74, 6) is 0. The van der Waals surface area contributed by atoms with Crippen LogP contribution in [0.25, 0.3) is 27.4 Å². The zero-order valence-corrected chi connectivity index (χ0v) is 23.0. The van der Waals surface area contributed by atoms with Gasteiger partial charge < -0.3 is 29.4 Å². The van der Waals surface area contributed by atoms with Gasteiger partial charge in [-0.05, 0) is 36.7 Å². The molecule has 1 heterocycles. The first-order chi connectivity index (χ1) is 15.3. The standard InChI is InChI=1S/C18H14N.C12H11.2ClH.Zr/c1-13-10-16-8-4-5-9-18(16)19(13)17-11-14-6-2-3-7-15(14)12-17;1-2-6-11(7-3-1)10-12-8-4-5-9-12;;;/h2-12H,1H3;1-4,6-8H,5,10H2;2*1H;/q2*-1;;;+4/p-2. The predicted molar refractivity (Wildman–Crippen MR) is 132 cm³/mol. The van der Waals surface area contributed by atoms with Gasteiger partial charge in [0, 0.05) is 11.1 Å². The van der Waals surface area contributed by atoms with Crippen molar-refractivity contribution in [2.24, 2.45) is 0 Å².